The monoisotopic (exact) mass is 279 g/mol. The number of carbonyl (C=O) groups excluding carboxylic acids is 2. The first-order chi connectivity index (χ1) is 10.1. The van der Waals surface area contributed by atoms with Gasteiger partial charge in [0.2, 0.25) is 0 Å². The van der Waals surface area contributed by atoms with E-state index in [2.05, 4.69) is 16.4 Å². The third-order valence-corrected chi connectivity index (χ3v) is 3.59. The zero-order valence-electron chi connectivity index (χ0n) is 11.2. The maximum Gasteiger partial charge on any atom is 0.252 e. The van der Waals surface area contributed by atoms with E-state index in [1.165, 1.54) is 0 Å². The summed E-state index contributed by atoms with van der Waals surface area (Å²) in [6, 6.07) is 10.3. The fraction of sp³-hybridized carbons (Fsp3) is 0.188. The normalized spacial score (nSPS) is 15.0. The van der Waals surface area contributed by atoms with Crippen LogP contribution in [0.4, 0.5) is 0 Å². The number of aromatic nitrogens is 1. The Balaban J connectivity index is 1.74. The van der Waals surface area contributed by atoms with Crippen LogP contribution in [0.15, 0.2) is 42.7 Å². The van der Waals surface area contributed by atoms with Gasteiger partial charge >= 0.3 is 0 Å². The average Bonchev–Trinajstić information content (AvgIpc) is 3.08. The smallest absolute Gasteiger partial charge is 0.252 e. The molecule has 0 atom stereocenters. The summed E-state index contributed by atoms with van der Waals surface area (Å²) in [5, 5.41) is 11.7. The van der Waals surface area contributed by atoms with Crippen molar-refractivity contribution in [2.75, 3.05) is 0 Å². The lowest BCUT2D eigenvalue weighted by Crippen LogP contribution is -2.35. The average molecular weight is 279 g/mol. The summed E-state index contributed by atoms with van der Waals surface area (Å²) in [7, 11) is 0. The number of benzene rings is 1. The lowest BCUT2D eigenvalue weighted by molar-refractivity contribution is 0.0940. The van der Waals surface area contributed by atoms with E-state index in [4.69, 9.17) is 5.26 Å². The van der Waals surface area contributed by atoms with Gasteiger partial charge in [0, 0.05) is 29.1 Å². The molecule has 0 spiro atoms. The summed E-state index contributed by atoms with van der Waals surface area (Å²) in [6.07, 6.45) is 4.71. The van der Waals surface area contributed by atoms with Gasteiger partial charge in [-0.2, -0.15) is 5.26 Å². The van der Waals surface area contributed by atoms with Gasteiger partial charge in [-0.25, -0.2) is 0 Å². The first-order valence-electron chi connectivity index (χ1n) is 6.65. The summed E-state index contributed by atoms with van der Waals surface area (Å²) < 4.78 is 0. The lowest BCUT2D eigenvalue weighted by Gasteiger charge is -2.09. The van der Waals surface area contributed by atoms with Gasteiger partial charge in [-0.15, -0.1) is 0 Å². The Kier molecular flexibility index (Phi) is 3.07. The maximum atomic E-state index is 12.1. The standard InChI is InChI=1S/C16H13N3O2/c17-10-16(6-7-16)19-15(21)12-3-1-11(2-4-12)14(20)13-5-8-18-9-13/h1-5,8-9,18H,6-7H2,(H,19,21). The number of nitrogens with zero attached hydrogens (tertiary/aromatic N) is 1. The molecule has 1 aromatic carbocycles. The van der Waals surface area contributed by atoms with Gasteiger partial charge in [0.1, 0.15) is 5.54 Å². The van der Waals surface area contributed by atoms with Crippen molar-refractivity contribution < 1.29 is 9.59 Å². The van der Waals surface area contributed by atoms with E-state index in [0.29, 0.717) is 29.5 Å². The highest BCUT2D eigenvalue weighted by molar-refractivity contribution is 6.09. The molecular formula is C16H13N3O2. The molecule has 0 saturated heterocycles. The number of hydrogen-bond donors (Lipinski definition) is 2. The van der Waals surface area contributed by atoms with E-state index in [9.17, 15) is 9.59 Å². The van der Waals surface area contributed by atoms with Crippen LogP contribution in [0.5, 0.6) is 0 Å². The zero-order chi connectivity index (χ0) is 14.9. The predicted molar refractivity (Wildman–Crippen MR) is 75.7 cm³/mol. The van der Waals surface area contributed by atoms with Crippen molar-refractivity contribution in [1.29, 1.82) is 5.26 Å². The molecule has 1 saturated carbocycles. The topological polar surface area (TPSA) is 85.8 Å². The Bertz CT molecular complexity index is 720. The molecule has 1 aliphatic rings. The zero-order valence-corrected chi connectivity index (χ0v) is 11.2. The largest absolute Gasteiger partial charge is 0.367 e. The minimum atomic E-state index is -0.684. The van der Waals surface area contributed by atoms with Crippen LogP contribution in [0.25, 0.3) is 0 Å². The van der Waals surface area contributed by atoms with Crippen LogP contribution in [0.1, 0.15) is 39.1 Å². The van der Waals surface area contributed by atoms with Crippen LogP contribution in [-0.4, -0.2) is 22.2 Å². The molecule has 5 nitrogen and oxygen atoms in total. The third-order valence-electron chi connectivity index (χ3n) is 3.59. The Morgan fingerprint density at radius 2 is 1.76 bits per heavy atom. The molecule has 3 rings (SSSR count). The van der Waals surface area contributed by atoms with Crippen LogP contribution < -0.4 is 5.32 Å². The molecular weight excluding hydrogens is 266 g/mol. The van der Waals surface area contributed by atoms with Gasteiger partial charge in [-0.3, -0.25) is 9.59 Å². The highest BCUT2D eigenvalue weighted by atomic mass is 16.2. The van der Waals surface area contributed by atoms with Gasteiger partial charge in [-0.05, 0) is 31.0 Å². The molecule has 1 aliphatic carbocycles. The van der Waals surface area contributed by atoms with Crippen LogP contribution >= 0.6 is 0 Å². The van der Waals surface area contributed by atoms with Gasteiger partial charge in [0.25, 0.3) is 5.91 Å². The van der Waals surface area contributed by atoms with E-state index in [0.717, 1.165) is 0 Å². The molecule has 5 heteroatoms. The van der Waals surface area contributed by atoms with Crippen LogP contribution in [0.3, 0.4) is 0 Å². The van der Waals surface area contributed by atoms with Gasteiger partial charge in [-0.1, -0.05) is 12.1 Å². The minimum absolute atomic E-state index is 0.0982. The Morgan fingerprint density at radius 1 is 1.10 bits per heavy atom. The summed E-state index contributed by atoms with van der Waals surface area (Å²) in [6.45, 7) is 0. The molecule has 1 fully saturated rings. The molecule has 0 unspecified atom stereocenters. The number of H-pyrrole nitrogens is 1. The molecule has 1 amide bonds. The summed E-state index contributed by atoms with van der Waals surface area (Å²) in [5.74, 6) is -0.381. The first-order valence-corrected chi connectivity index (χ1v) is 6.65. The molecule has 0 radical (unpaired) electrons. The molecule has 2 N–H and O–H groups in total. The van der Waals surface area contributed by atoms with Crippen LogP contribution in [0, 0.1) is 11.3 Å². The molecule has 2 aromatic rings. The van der Waals surface area contributed by atoms with E-state index >= 15 is 0 Å². The summed E-state index contributed by atoms with van der Waals surface area (Å²) >= 11 is 0. The molecule has 0 bridgehead atoms. The summed E-state index contributed by atoms with van der Waals surface area (Å²) in [5.41, 5.74) is 0.861. The van der Waals surface area contributed by atoms with E-state index < -0.39 is 5.54 Å². The van der Waals surface area contributed by atoms with Crippen molar-refractivity contribution in [3.05, 3.63) is 59.4 Å². The van der Waals surface area contributed by atoms with E-state index in [-0.39, 0.29) is 11.7 Å². The van der Waals surface area contributed by atoms with E-state index in [1.807, 2.05) is 0 Å². The Hall–Kier alpha value is -2.87. The SMILES string of the molecule is N#CC1(NC(=O)c2ccc(C(=O)c3cc[nH]c3)cc2)CC1. The van der Waals surface area contributed by atoms with Gasteiger partial charge < -0.3 is 10.3 Å². The molecule has 1 heterocycles. The molecule has 21 heavy (non-hydrogen) atoms. The fourth-order valence-corrected chi connectivity index (χ4v) is 2.08. The maximum absolute atomic E-state index is 12.1. The Labute approximate surface area is 121 Å². The second-order valence-corrected chi connectivity index (χ2v) is 5.15. The molecule has 1 aromatic heterocycles. The van der Waals surface area contributed by atoms with Crippen molar-refractivity contribution >= 4 is 11.7 Å². The number of aromatic amines is 1. The lowest BCUT2D eigenvalue weighted by atomic mass is 10.0. The number of nitrogens with one attached hydrogen (secondary N) is 2. The van der Waals surface area contributed by atoms with Crippen LogP contribution in [0.2, 0.25) is 0 Å². The highest BCUT2D eigenvalue weighted by Gasteiger charge is 2.44. The number of nitriles is 1. The van der Waals surface area contributed by atoms with E-state index in [1.54, 1.807) is 42.7 Å². The molecule has 104 valence electrons. The second-order valence-electron chi connectivity index (χ2n) is 5.15. The number of carbonyl (C=O) groups is 2. The first kappa shape index (κ1) is 13.1. The number of rotatable bonds is 4. The highest BCUT2D eigenvalue weighted by Crippen LogP contribution is 2.34. The van der Waals surface area contributed by atoms with Crippen molar-refractivity contribution in [2.45, 2.75) is 18.4 Å². The summed E-state index contributed by atoms with van der Waals surface area (Å²) in [4.78, 5) is 27.0. The van der Waals surface area contributed by atoms with Crippen molar-refractivity contribution in [3.63, 3.8) is 0 Å². The van der Waals surface area contributed by atoms with Crippen molar-refractivity contribution in [2.24, 2.45) is 0 Å². The van der Waals surface area contributed by atoms with Crippen LogP contribution in [-0.2, 0) is 0 Å². The quantitative estimate of drug-likeness (QED) is 0.840. The number of hydrogen-bond acceptors (Lipinski definition) is 3. The number of amides is 1. The second kappa shape index (κ2) is 4.91. The fourth-order valence-electron chi connectivity index (χ4n) is 2.08. The van der Waals surface area contributed by atoms with Crippen molar-refractivity contribution in [3.8, 4) is 6.07 Å². The number of ketones is 1. The third kappa shape index (κ3) is 2.56. The predicted octanol–water partition coefficient (Wildman–Crippen LogP) is 2.03. The minimum Gasteiger partial charge on any atom is -0.367 e. The van der Waals surface area contributed by atoms with Gasteiger partial charge in [0.15, 0.2) is 5.78 Å². The Morgan fingerprint density at radius 3 is 2.29 bits per heavy atom. The van der Waals surface area contributed by atoms with Crippen molar-refractivity contribution in [1.82, 2.24) is 10.3 Å². The molecule has 0 aliphatic heterocycles. The van der Waals surface area contributed by atoms with Gasteiger partial charge in [0.05, 0.1) is 6.07 Å².